The van der Waals surface area contributed by atoms with Gasteiger partial charge in [0, 0.05) is 4.47 Å². The van der Waals surface area contributed by atoms with Gasteiger partial charge in [0.15, 0.2) is 0 Å². The standard InChI is InChI=1S/C12H9BrF3NO2/c1-2-5-17(7-11(18)19)10-4-3-8(13)6-9(10)12(14,15)16/h1,3-4,6H,5,7H2,(H,18,19). The number of anilines is 1. The Hall–Kier alpha value is -1.68. The van der Waals surface area contributed by atoms with E-state index in [-0.39, 0.29) is 16.7 Å². The third-order valence-electron chi connectivity index (χ3n) is 2.21. The van der Waals surface area contributed by atoms with Gasteiger partial charge in [-0.25, -0.2) is 0 Å². The Labute approximate surface area is 116 Å². The lowest BCUT2D eigenvalue weighted by Gasteiger charge is -2.24. The fourth-order valence-electron chi connectivity index (χ4n) is 1.51. The Morgan fingerprint density at radius 1 is 1.47 bits per heavy atom. The average Bonchev–Trinajstić information content (AvgIpc) is 2.26. The van der Waals surface area contributed by atoms with Crippen LogP contribution < -0.4 is 4.90 Å². The molecule has 0 fully saturated rings. The number of carboxylic acids is 1. The summed E-state index contributed by atoms with van der Waals surface area (Å²) in [5.74, 6) is 0.890. The molecule has 0 spiro atoms. The molecule has 3 nitrogen and oxygen atoms in total. The highest BCUT2D eigenvalue weighted by atomic mass is 79.9. The van der Waals surface area contributed by atoms with Crippen LogP contribution in [0.15, 0.2) is 22.7 Å². The van der Waals surface area contributed by atoms with E-state index < -0.39 is 24.3 Å². The molecule has 1 N–H and O–H groups in total. The van der Waals surface area contributed by atoms with Crippen molar-refractivity contribution in [2.45, 2.75) is 6.18 Å². The van der Waals surface area contributed by atoms with Gasteiger partial charge in [0.1, 0.15) is 6.54 Å². The van der Waals surface area contributed by atoms with Gasteiger partial charge in [0.25, 0.3) is 0 Å². The van der Waals surface area contributed by atoms with E-state index >= 15 is 0 Å². The molecule has 102 valence electrons. The van der Waals surface area contributed by atoms with E-state index in [1.165, 1.54) is 12.1 Å². The minimum Gasteiger partial charge on any atom is -0.480 e. The molecule has 0 aliphatic carbocycles. The minimum absolute atomic E-state index is 0.225. The second-order valence-electron chi connectivity index (χ2n) is 3.61. The molecule has 1 aromatic carbocycles. The molecule has 1 rings (SSSR count). The van der Waals surface area contributed by atoms with Crippen LogP contribution >= 0.6 is 15.9 Å². The zero-order chi connectivity index (χ0) is 14.6. The second kappa shape index (κ2) is 5.97. The van der Waals surface area contributed by atoms with Crippen LogP contribution in [0.1, 0.15) is 5.56 Å². The number of rotatable bonds is 4. The maximum absolute atomic E-state index is 12.9. The van der Waals surface area contributed by atoms with E-state index in [9.17, 15) is 18.0 Å². The van der Waals surface area contributed by atoms with Gasteiger partial charge in [-0.2, -0.15) is 13.2 Å². The van der Waals surface area contributed by atoms with Gasteiger partial charge in [-0.15, -0.1) is 6.42 Å². The Balaban J connectivity index is 3.30. The largest absolute Gasteiger partial charge is 0.480 e. The lowest BCUT2D eigenvalue weighted by atomic mass is 10.1. The van der Waals surface area contributed by atoms with Crippen molar-refractivity contribution in [1.82, 2.24) is 0 Å². The van der Waals surface area contributed by atoms with Gasteiger partial charge in [0.05, 0.1) is 17.8 Å². The topological polar surface area (TPSA) is 40.5 Å². The monoisotopic (exact) mass is 335 g/mol. The number of hydrogen-bond acceptors (Lipinski definition) is 2. The average molecular weight is 336 g/mol. The molecule has 0 radical (unpaired) electrons. The van der Waals surface area contributed by atoms with E-state index in [1.54, 1.807) is 0 Å². The van der Waals surface area contributed by atoms with Crippen LogP contribution in [0.25, 0.3) is 0 Å². The lowest BCUT2D eigenvalue weighted by molar-refractivity contribution is -0.138. The van der Waals surface area contributed by atoms with Gasteiger partial charge < -0.3 is 10.0 Å². The molecule has 0 saturated carbocycles. The molecular weight excluding hydrogens is 327 g/mol. The van der Waals surface area contributed by atoms with Gasteiger partial charge in [-0.3, -0.25) is 4.79 Å². The van der Waals surface area contributed by atoms with E-state index in [1.807, 2.05) is 0 Å². The van der Waals surface area contributed by atoms with Crippen LogP contribution in [-0.2, 0) is 11.0 Å². The highest BCUT2D eigenvalue weighted by molar-refractivity contribution is 9.10. The van der Waals surface area contributed by atoms with Crippen LogP contribution in [0.3, 0.4) is 0 Å². The fourth-order valence-corrected chi connectivity index (χ4v) is 1.87. The Bertz CT molecular complexity index is 523. The Morgan fingerprint density at radius 3 is 2.58 bits per heavy atom. The van der Waals surface area contributed by atoms with Gasteiger partial charge >= 0.3 is 12.1 Å². The predicted molar refractivity (Wildman–Crippen MR) is 67.8 cm³/mol. The number of alkyl halides is 3. The number of aliphatic carboxylic acids is 1. The number of terminal acetylenes is 1. The molecule has 0 aromatic heterocycles. The molecule has 0 saturated heterocycles. The van der Waals surface area contributed by atoms with Crippen molar-refractivity contribution in [3.8, 4) is 12.3 Å². The number of carboxylic acid groups (broad SMARTS) is 1. The van der Waals surface area contributed by atoms with Crippen molar-refractivity contribution < 1.29 is 23.1 Å². The summed E-state index contributed by atoms with van der Waals surface area (Å²) in [6.45, 7) is -0.827. The number of benzene rings is 1. The van der Waals surface area contributed by atoms with E-state index in [2.05, 4.69) is 21.9 Å². The van der Waals surface area contributed by atoms with Crippen LogP contribution in [0.5, 0.6) is 0 Å². The molecule has 1 aromatic rings. The van der Waals surface area contributed by atoms with Crippen LogP contribution in [0.2, 0.25) is 0 Å². The normalized spacial score (nSPS) is 10.9. The van der Waals surface area contributed by atoms with Crippen molar-refractivity contribution in [2.24, 2.45) is 0 Å². The predicted octanol–water partition coefficient (Wildman–Crippen LogP) is 2.99. The molecule has 0 atom stereocenters. The lowest BCUT2D eigenvalue weighted by Crippen LogP contribution is -2.31. The zero-order valence-corrected chi connectivity index (χ0v) is 11.1. The summed E-state index contributed by atoms with van der Waals surface area (Å²) < 4.78 is 39.0. The third kappa shape index (κ3) is 4.17. The molecule has 0 bridgehead atoms. The van der Waals surface area contributed by atoms with Gasteiger partial charge in [-0.05, 0) is 18.2 Å². The number of hydrogen-bond donors (Lipinski definition) is 1. The van der Waals surface area contributed by atoms with Gasteiger partial charge in [-0.1, -0.05) is 21.9 Å². The second-order valence-corrected chi connectivity index (χ2v) is 4.53. The van der Waals surface area contributed by atoms with E-state index in [0.29, 0.717) is 0 Å². The Kier molecular flexibility index (Phi) is 4.84. The summed E-state index contributed by atoms with van der Waals surface area (Å²) in [4.78, 5) is 11.7. The Morgan fingerprint density at radius 2 is 2.11 bits per heavy atom. The number of halogens is 4. The summed E-state index contributed by atoms with van der Waals surface area (Å²) in [6, 6.07) is 3.48. The zero-order valence-electron chi connectivity index (χ0n) is 9.54. The smallest absolute Gasteiger partial charge is 0.418 e. The molecule has 7 heteroatoms. The van der Waals surface area contributed by atoms with Crippen molar-refractivity contribution in [2.75, 3.05) is 18.0 Å². The summed E-state index contributed by atoms with van der Waals surface area (Å²) in [5.41, 5.74) is -1.19. The molecule has 0 aliphatic heterocycles. The summed E-state index contributed by atoms with van der Waals surface area (Å²) >= 11 is 2.95. The van der Waals surface area contributed by atoms with Gasteiger partial charge in [0.2, 0.25) is 0 Å². The minimum atomic E-state index is -4.59. The summed E-state index contributed by atoms with van der Waals surface area (Å²) in [6.07, 6.45) is 0.464. The quantitative estimate of drug-likeness (QED) is 0.860. The number of carbonyl (C=O) groups is 1. The van der Waals surface area contributed by atoms with Crippen molar-refractivity contribution in [1.29, 1.82) is 0 Å². The first-order valence-electron chi connectivity index (χ1n) is 5.02. The first-order chi connectivity index (χ1) is 8.75. The van der Waals surface area contributed by atoms with Crippen molar-refractivity contribution in [3.05, 3.63) is 28.2 Å². The van der Waals surface area contributed by atoms with E-state index in [4.69, 9.17) is 11.5 Å². The molecule has 0 unspecified atom stereocenters. The SMILES string of the molecule is C#CCN(CC(=O)O)c1ccc(Br)cc1C(F)(F)F. The summed E-state index contributed by atoms with van der Waals surface area (Å²) in [5, 5.41) is 8.72. The highest BCUT2D eigenvalue weighted by Gasteiger charge is 2.35. The molecule has 0 heterocycles. The van der Waals surface area contributed by atoms with E-state index in [0.717, 1.165) is 11.0 Å². The van der Waals surface area contributed by atoms with Crippen LogP contribution in [0.4, 0.5) is 18.9 Å². The fraction of sp³-hybridized carbons (Fsp3) is 0.250. The van der Waals surface area contributed by atoms with Crippen LogP contribution in [-0.4, -0.2) is 24.2 Å². The van der Waals surface area contributed by atoms with Crippen LogP contribution in [0, 0.1) is 12.3 Å². The molecular formula is C12H9BrF3NO2. The maximum Gasteiger partial charge on any atom is 0.418 e. The van der Waals surface area contributed by atoms with Crippen molar-refractivity contribution >= 4 is 27.6 Å². The number of nitrogens with zero attached hydrogens (tertiary/aromatic N) is 1. The molecule has 0 aliphatic rings. The first kappa shape index (κ1) is 15.4. The maximum atomic E-state index is 12.9. The first-order valence-corrected chi connectivity index (χ1v) is 5.82. The molecule has 19 heavy (non-hydrogen) atoms. The molecule has 0 amide bonds. The third-order valence-corrected chi connectivity index (χ3v) is 2.71. The van der Waals surface area contributed by atoms with Crippen molar-refractivity contribution in [3.63, 3.8) is 0 Å². The summed E-state index contributed by atoms with van der Waals surface area (Å²) in [7, 11) is 0. The highest BCUT2D eigenvalue weighted by Crippen LogP contribution is 2.38.